The number of rotatable bonds is 6. The molecule has 1 aliphatic heterocycles. The molecule has 5 nitrogen and oxygen atoms in total. The molecule has 3 heterocycles. The van der Waals surface area contributed by atoms with Gasteiger partial charge in [-0.3, -0.25) is 14.7 Å². The Morgan fingerprint density at radius 2 is 1.97 bits per heavy atom. The Hall–Kier alpha value is -2.66. The Bertz CT molecular complexity index is 1040. The van der Waals surface area contributed by atoms with E-state index in [2.05, 4.69) is 63.3 Å². The van der Waals surface area contributed by atoms with Crippen molar-refractivity contribution in [3.63, 3.8) is 0 Å². The van der Waals surface area contributed by atoms with Crippen LogP contribution in [0.25, 0.3) is 10.9 Å². The van der Waals surface area contributed by atoms with E-state index in [0.29, 0.717) is 5.92 Å². The van der Waals surface area contributed by atoms with Crippen LogP contribution in [0.4, 0.5) is 0 Å². The minimum Gasteiger partial charge on any atom is -0.350 e. The summed E-state index contributed by atoms with van der Waals surface area (Å²) in [6.07, 6.45) is 9.61. The SMILES string of the molecule is Cn1cc(CN2CCC[C@@H]([C@@H](NC(=O)C3CCC3)c3ccccn3)C2)c2ccccc21. The lowest BCUT2D eigenvalue weighted by Gasteiger charge is -2.38. The van der Waals surface area contributed by atoms with Crippen molar-refractivity contribution in [2.75, 3.05) is 13.1 Å². The summed E-state index contributed by atoms with van der Waals surface area (Å²) >= 11 is 0. The van der Waals surface area contributed by atoms with Crippen LogP contribution in [0.3, 0.4) is 0 Å². The quantitative estimate of drug-likeness (QED) is 0.646. The first-order valence-electron chi connectivity index (χ1n) is 11.7. The minimum atomic E-state index is -0.00961. The van der Waals surface area contributed by atoms with Crippen molar-refractivity contribution < 1.29 is 4.79 Å². The maximum Gasteiger partial charge on any atom is 0.223 e. The minimum absolute atomic E-state index is 0.00961. The van der Waals surface area contributed by atoms with Crippen LogP contribution < -0.4 is 5.32 Å². The van der Waals surface area contributed by atoms with Crippen molar-refractivity contribution in [2.45, 2.75) is 44.7 Å². The van der Waals surface area contributed by atoms with Gasteiger partial charge in [0.2, 0.25) is 5.91 Å². The van der Waals surface area contributed by atoms with E-state index in [0.717, 1.165) is 51.0 Å². The van der Waals surface area contributed by atoms with Crippen LogP contribution >= 0.6 is 0 Å². The average Bonchev–Trinajstić information content (AvgIpc) is 3.07. The average molecular weight is 417 g/mol. The van der Waals surface area contributed by atoms with Crippen LogP contribution in [0.5, 0.6) is 0 Å². The Balaban J connectivity index is 1.34. The van der Waals surface area contributed by atoms with Gasteiger partial charge in [-0.25, -0.2) is 0 Å². The molecule has 162 valence electrons. The zero-order valence-electron chi connectivity index (χ0n) is 18.3. The molecule has 0 radical (unpaired) electrons. The van der Waals surface area contributed by atoms with Gasteiger partial charge < -0.3 is 9.88 Å². The molecule has 2 aromatic heterocycles. The maximum absolute atomic E-state index is 12.8. The van der Waals surface area contributed by atoms with Gasteiger partial charge >= 0.3 is 0 Å². The molecule has 1 aromatic carbocycles. The molecule has 5 heteroatoms. The molecule has 1 saturated carbocycles. The van der Waals surface area contributed by atoms with Crippen LogP contribution in [-0.4, -0.2) is 33.4 Å². The van der Waals surface area contributed by atoms with Gasteiger partial charge in [0.1, 0.15) is 0 Å². The van der Waals surface area contributed by atoms with Crippen molar-refractivity contribution in [2.24, 2.45) is 18.9 Å². The van der Waals surface area contributed by atoms with Gasteiger partial charge in [-0.1, -0.05) is 30.7 Å². The molecule has 3 aromatic rings. The third-order valence-corrected chi connectivity index (χ3v) is 7.17. The van der Waals surface area contributed by atoms with E-state index in [9.17, 15) is 4.79 Å². The fourth-order valence-corrected chi connectivity index (χ4v) is 5.23. The molecular formula is C26H32N4O. The standard InChI is InChI=1S/C26H32N4O/c1-29-16-21(22-11-2-3-13-24(22)29)18-30-15-7-10-20(17-30)25(23-12-4-5-14-27-23)28-26(31)19-8-6-9-19/h2-5,11-14,16,19-20,25H,6-10,15,17-18H2,1H3,(H,28,31)/t20-,25-/m1/s1. The van der Waals surface area contributed by atoms with Gasteiger partial charge in [0.25, 0.3) is 0 Å². The van der Waals surface area contributed by atoms with E-state index in [4.69, 9.17) is 0 Å². The molecule has 0 bridgehead atoms. The van der Waals surface area contributed by atoms with Crippen LogP contribution in [0.1, 0.15) is 49.4 Å². The number of nitrogens with one attached hydrogen (secondary N) is 1. The molecule has 1 saturated heterocycles. The number of carbonyl (C=O) groups excluding carboxylic acids is 1. The first-order chi connectivity index (χ1) is 15.2. The zero-order chi connectivity index (χ0) is 21.2. The number of aryl methyl sites for hydroxylation is 1. The molecule has 0 unspecified atom stereocenters. The highest BCUT2D eigenvalue weighted by Crippen LogP contribution is 2.33. The Kier molecular flexibility index (Phi) is 5.77. The van der Waals surface area contributed by atoms with Crippen molar-refractivity contribution in [3.8, 4) is 0 Å². The van der Waals surface area contributed by atoms with Gasteiger partial charge in [-0.05, 0) is 61.9 Å². The summed E-state index contributed by atoms with van der Waals surface area (Å²) in [4.78, 5) is 20.0. The second kappa shape index (κ2) is 8.83. The topological polar surface area (TPSA) is 50.2 Å². The zero-order valence-corrected chi connectivity index (χ0v) is 18.3. The molecule has 2 atom stereocenters. The fraction of sp³-hybridized carbons (Fsp3) is 0.462. The fourth-order valence-electron chi connectivity index (χ4n) is 5.23. The highest BCUT2D eigenvalue weighted by atomic mass is 16.2. The number of hydrogen-bond acceptors (Lipinski definition) is 3. The van der Waals surface area contributed by atoms with E-state index in [-0.39, 0.29) is 17.9 Å². The molecule has 1 amide bonds. The summed E-state index contributed by atoms with van der Waals surface area (Å²) < 4.78 is 2.22. The largest absolute Gasteiger partial charge is 0.350 e. The van der Waals surface area contributed by atoms with E-state index in [1.54, 1.807) is 0 Å². The van der Waals surface area contributed by atoms with Crippen LogP contribution in [-0.2, 0) is 18.4 Å². The van der Waals surface area contributed by atoms with Crippen molar-refractivity contribution >= 4 is 16.8 Å². The van der Waals surface area contributed by atoms with Crippen molar-refractivity contribution in [1.29, 1.82) is 0 Å². The summed E-state index contributed by atoms with van der Waals surface area (Å²) in [5, 5.41) is 4.73. The highest BCUT2D eigenvalue weighted by molar-refractivity contribution is 5.83. The van der Waals surface area contributed by atoms with Gasteiger partial charge in [0.15, 0.2) is 0 Å². The first kappa shape index (κ1) is 20.3. The number of aromatic nitrogens is 2. The Morgan fingerprint density at radius 3 is 2.74 bits per heavy atom. The number of benzene rings is 1. The van der Waals surface area contributed by atoms with Crippen molar-refractivity contribution in [3.05, 3.63) is 66.1 Å². The van der Waals surface area contributed by atoms with Gasteiger partial charge in [-0.2, -0.15) is 0 Å². The Morgan fingerprint density at radius 1 is 1.13 bits per heavy atom. The lowest BCUT2D eigenvalue weighted by molar-refractivity contribution is -0.128. The molecule has 2 fully saturated rings. The van der Waals surface area contributed by atoms with E-state index >= 15 is 0 Å². The highest BCUT2D eigenvalue weighted by Gasteiger charge is 2.33. The predicted molar refractivity (Wildman–Crippen MR) is 123 cm³/mol. The second-order valence-electron chi connectivity index (χ2n) is 9.29. The lowest BCUT2D eigenvalue weighted by Crippen LogP contribution is -2.45. The number of carbonyl (C=O) groups is 1. The lowest BCUT2D eigenvalue weighted by atomic mass is 9.83. The number of nitrogens with zero attached hydrogens (tertiary/aromatic N) is 3. The molecule has 1 N–H and O–H groups in total. The maximum atomic E-state index is 12.8. The smallest absolute Gasteiger partial charge is 0.223 e. The van der Waals surface area contributed by atoms with Gasteiger partial charge in [0, 0.05) is 49.4 Å². The van der Waals surface area contributed by atoms with Gasteiger partial charge in [-0.15, -0.1) is 0 Å². The van der Waals surface area contributed by atoms with Crippen LogP contribution in [0.2, 0.25) is 0 Å². The molecule has 0 spiro atoms. The monoisotopic (exact) mass is 416 g/mol. The summed E-state index contributed by atoms with van der Waals surface area (Å²) in [6, 6.07) is 14.7. The molecule has 2 aliphatic rings. The number of fused-ring (bicyclic) bond motifs is 1. The molecular weight excluding hydrogens is 384 g/mol. The number of para-hydroxylation sites is 1. The van der Waals surface area contributed by atoms with Gasteiger partial charge in [0.05, 0.1) is 11.7 Å². The number of piperidine rings is 1. The third-order valence-electron chi connectivity index (χ3n) is 7.17. The summed E-state index contributed by atoms with van der Waals surface area (Å²) in [6.45, 7) is 3.03. The summed E-state index contributed by atoms with van der Waals surface area (Å²) in [5.41, 5.74) is 3.66. The Labute approximate surface area is 184 Å². The molecule has 1 aliphatic carbocycles. The third kappa shape index (κ3) is 4.24. The van der Waals surface area contributed by atoms with E-state index in [1.165, 1.54) is 22.9 Å². The number of likely N-dealkylation sites (tertiary alicyclic amines) is 1. The van der Waals surface area contributed by atoms with E-state index in [1.807, 2.05) is 18.3 Å². The summed E-state index contributed by atoms with van der Waals surface area (Å²) in [7, 11) is 2.12. The predicted octanol–water partition coefficient (Wildman–Crippen LogP) is 4.44. The number of hydrogen-bond donors (Lipinski definition) is 1. The normalized spacial score (nSPS) is 21.0. The summed E-state index contributed by atoms with van der Waals surface area (Å²) in [5.74, 6) is 0.789. The first-order valence-corrected chi connectivity index (χ1v) is 11.7. The van der Waals surface area contributed by atoms with Crippen LogP contribution in [0.15, 0.2) is 54.9 Å². The molecule has 5 rings (SSSR count). The van der Waals surface area contributed by atoms with E-state index < -0.39 is 0 Å². The van der Waals surface area contributed by atoms with Crippen LogP contribution in [0, 0.1) is 11.8 Å². The number of amides is 1. The molecule has 31 heavy (non-hydrogen) atoms. The second-order valence-corrected chi connectivity index (χ2v) is 9.29. The number of pyridine rings is 1. The van der Waals surface area contributed by atoms with Crippen molar-refractivity contribution in [1.82, 2.24) is 19.8 Å².